The van der Waals surface area contributed by atoms with Gasteiger partial charge in [0.25, 0.3) is 0 Å². The van der Waals surface area contributed by atoms with Crippen LogP contribution >= 0.6 is 0 Å². The van der Waals surface area contributed by atoms with Gasteiger partial charge in [0.2, 0.25) is 5.75 Å². The van der Waals surface area contributed by atoms with E-state index < -0.39 is 0 Å². The molecule has 0 bridgehead atoms. The second kappa shape index (κ2) is 9.47. The van der Waals surface area contributed by atoms with Crippen LogP contribution in [0, 0.1) is 5.92 Å². The Hall–Kier alpha value is -1.46. The fourth-order valence-corrected chi connectivity index (χ4v) is 4.39. The number of piperazine rings is 1. The highest BCUT2D eigenvalue weighted by atomic mass is 16.5. The fraction of sp³-hybridized carbons (Fsp3) is 0.714. The van der Waals surface area contributed by atoms with Gasteiger partial charge in [-0.05, 0) is 24.8 Å². The van der Waals surface area contributed by atoms with E-state index >= 15 is 0 Å². The number of ether oxygens (including phenoxy) is 3. The lowest BCUT2D eigenvalue weighted by Crippen LogP contribution is -2.47. The fourth-order valence-electron chi connectivity index (χ4n) is 4.39. The summed E-state index contributed by atoms with van der Waals surface area (Å²) in [5.41, 5.74) is 1.16. The lowest BCUT2D eigenvalue weighted by Gasteiger charge is -2.37. The van der Waals surface area contributed by atoms with Gasteiger partial charge in [-0.15, -0.1) is 0 Å². The maximum atomic E-state index is 5.63. The number of rotatable bonds is 7. The Morgan fingerprint density at radius 2 is 1.46 bits per heavy atom. The molecule has 0 atom stereocenters. The molecule has 5 heteroatoms. The maximum absolute atomic E-state index is 5.63. The molecule has 0 unspecified atom stereocenters. The molecule has 1 aromatic carbocycles. The van der Waals surface area contributed by atoms with Crippen molar-refractivity contribution < 1.29 is 14.2 Å². The van der Waals surface area contributed by atoms with Gasteiger partial charge in [-0.3, -0.25) is 4.90 Å². The Morgan fingerprint density at radius 1 is 0.808 bits per heavy atom. The van der Waals surface area contributed by atoms with Crippen molar-refractivity contribution in [3.8, 4) is 17.2 Å². The highest BCUT2D eigenvalue weighted by Crippen LogP contribution is 2.40. The molecule has 0 amide bonds. The van der Waals surface area contributed by atoms with E-state index in [9.17, 15) is 0 Å². The van der Waals surface area contributed by atoms with Crippen LogP contribution in [0.4, 0.5) is 0 Å². The van der Waals surface area contributed by atoms with Crippen molar-refractivity contribution >= 4 is 0 Å². The number of nitrogens with zero attached hydrogens (tertiary/aromatic N) is 2. The first-order valence-corrected chi connectivity index (χ1v) is 9.97. The topological polar surface area (TPSA) is 34.2 Å². The van der Waals surface area contributed by atoms with Crippen LogP contribution in [0.15, 0.2) is 12.1 Å². The van der Waals surface area contributed by atoms with Crippen LogP contribution in [0.2, 0.25) is 0 Å². The molecular weight excluding hydrogens is 328 g/mol. The maximum Gasteiger partial charge on any atom is 0.203 e. The van der Waals surface area contributed by atoms with E-state index in [1.54, 1.807) is 21.3 Å². The number of hydrogen-bond donors (Lipinski definition) is 0. The van der Waals surface area contributed by atoms with Crippen LogP contribution in [0.3, 0.4) is 0 Å². The second-order valence-corrected chi connectivity index (χ2v) is 7.57. The third-order valence-corrected chi connectivity index (χ3v) is 5.89. The van der Waals surface area contributed by atoms with Crippen molar-refractivity contribution in [1.29, 1.82) is 0 Å². The zero-order valence-electron chi connectivity index (χ0n) is 16.6. The SMILES string of the molecule is COc1ccc(CN2CCN(CC3CCCCC3)CC2)c(OC)c1OC. The van der Waals surface area contributed by atoms with Crippen LogP contribution in [0.5, 0.6) is 17.2 Å². The third-order valence-electron chi connectivity index (χ3n) is 5.89. The minimum absolute atomic E-state index is 0.684. The quantitative estimate of drug-likeness (QED) is 0.743. The van der Waals surface area contributed by atoms with Gasteiger partial charge in [0.1, 0.15) is 0 Å². The summed E-state index contributed by atoms with van der Waals surface area (Å²) in [4.78, 5) is 5.18. The van der Waals surface area contributed by atoms with Gasteiger partial charge < -0.3 is 19.1 Å². The monoisotopic (exact) mass is 362 g/mol. The molecule has 3 rings (SSSR count). The Balaban J connectivity index is 1.55. The van der Waals surface area contributed by atoms with Crippen molar-refractivity contribution in [3.63, 3.8) is 0 Å². The first-order valence-electron chi connectivity index (χ1n) is 9.97. The number of methoxy groups -OCH3 is 3. The standard InChI is InChI=1S/C21H34N2O3/c1-24-19-10-9-18(20(25-2)21(19)26-3)16-23-13-11-22(12-14-23)15-17-7-5-4-6-8-17/h9-10,17H,4-8,11-16H2,1-3H3. The van der Waals surface area contributed by atoms with Gasteiger partial charge in [0.15, 0.2) is 11.5 Å². The zero-order valence-corrected chi connectivity index (χ0v) is 16.6. The molecule has 146 valence electrons. The molecule has 0 radical (unpaired) electrons. The zero-order chi connectivity index (χ0) is 18.4. The van der Waals surface area contributed by atoms with Crippen molar-refractivity contribution in [2.24, 2.45) is 5.92 Å². The van der Waals surface area contributed by atoms with Crippen molar-refractivity contribution in [2.75, 3.05) is 54.1 Å². The lowest BCUT2D eigenvalue weighted by molar-refractivity contribution is 0.105. The second-order valence-electron chi connectivity index (χ2n) is 7.57. The van der Waals surface area contributed by atoms with Gasteiger partial charge in [-0.25, -0.2) is 0 Å². The predicted molar refractivity (Wildman–Crippen MR) is 104 cm³/mol. The van der Waals surface area contributed by atoms with Crippen LogP contribution in [0.1, 0.15) is 37.7 Å². The smallest absolute Gasteiger partial charge is 0.203 e. The summed E-state index contributed by atoms with van der Waals surface area (Å²) < 4.78 is 16.5. The molecule has 0 N–H and O–H groups in total. The van der Waals surface area contributed by atoms with E-state index in [1.807, 2.05) is 6.07 Å². The first kappa shape index (κ1) is 19.3. The van der Waals surface area contributed by atoms with Gasteiger partial charge in [0, 0.05) is 44.8 Å². The average molecular weight is 363 g/mol. The molecule has 1 saturated carbocycles. The minimum atomic E-state index is 0.684. The summed E-state index contributed by atoms with van der Waals surface area (Å²) in [6, 6.07) is 4.06. The first-order chi connectivity index (χ1) is 12.7. The number of benzene rings is 1. The van der Waals surface area contributed by atoms with E-state index in [4.69, 9.17) is 14.2 Å². The molecule has 0 aromatic heterocycles. The largest absolute Gasteiger partial charge is 0.493 e. The molecular formula is C21H34N2O3. The summed E-state index contributed by atoms with van der Waals surface area (Å²) in [6.45, 7) is 6.76. The van der Waals surface area contributed by atoms with E-state index in [-0.39, 0.29) is 0 Å². The van der Waals surface area contributed by atoms with Crippen LogP contribution < -0.4 is 14.2 Å². The predicted octanol–water partition coefficient (Wildman–Crippen LogP) is 3.41. The molecule has 1 aliphatic heterocycles. The van der Waals surface area contributed by atoms with Gasteiger partial charge in [-0.1, -0.05) is 25.3 Å². The molecule has 1 aromatic rings. The summed E-state index contributed by atoms with van der Waals surface area (Å²) in [5, 5.41) is 0. The Bertz CT molecular complexity index is 565. The Labute approximate surface area is 158 Å². The molecule has 1 heterocycles. The summed E-state index contributed by atoms with van der Waals surface area (Å²) in [7, 11) is 5.01. The Kier molecular flexibility index (Phi) is 7.03. The molecule has 2 fully saturated rings. The molecule has 1 aliphatic carbocycles. The number of hydrogen-bond acceptors (Lipinski definition) is 5. The summed E-state index contributed by atoms with van der Waals surface area (Å²) >= 11 is 0. The minimum Gasteiger partial charge on any atom is -0.493 e. The van der Waals surface area contributed by atoms with Crippen LogP contribution in [-0.2, 0) is 6.54 Å². The van der Waals surface area contributed by atoms with Gasteiger partial charge in [0.05, 0.1) is 21.3 Å². The van der Waals surface area contributed by atoms with E-state index in [0.717, 1.165) is 36.9 Å². The molecule has 5 nitrogen and oxygen atoms in total. The third kappa shape index (κ3) is 4.63. The van der Waals surface area contributed by atoms with Crippen molar-refractivity contribution in [1.82, 2.24) is 9.80 Å². The van der Waals surface area contributed by atoms with Crippen molar-refractivity contribution in [2.45, 2.75) is 38.6 Å². The molecule has 26 heavy (non-hydrogen) atoms. The van der Waals surface area contributed by atoms with E-state index in [0.29, 0.717) is 11.5 Å². The molecule has 0 spiro atoms. The normalized spacial score (nSPS) is 20.1. The lowest BCUT2D eigenvalue weighted by atomic mass is 9.89. The summed E-state index contributed by atoms with van der Waals surface area (Å²) in [5.74, 6) is 3.12. The van der Waals surface area contributed by atoms with Gasteiger partial charge in [-0.2, -0.15) is 0 Å². The van der Waals surface area contributed by atoms with E-state index in [2.05, 4.69) is 15.9 Å². The highest BCUT2D eigenvalue weighted by Gasteiger charge is 2.23. The van der Waals surface area contributed by atoms with Crippen molar-refractivity contribution in [3.05, 3.63) is 17.7 Å². The summed E-state index contributed by atoms with van der Waals surface area (Å²) in [6.07, 6.45) is 7.18. The van der Waals surface area contributed by atoms with E-state index in [1.165, 1.54) is 51.7 Å². The average Bonchev–Trinajstić information content (AvgIpc) is 2.69. The Morgan fingerprint density at radius 3 is 2.08 bits per heavy atom. The van der Waals surface area contributed by atoms with Crippen LogP contribution in [-0.4, -0.2) is 63.9 Å². The van der Waals surface area contributed by atoms with Crippen LogP contribution in [0.25, 0.3) is 0 Å². The molecule has 2 aliphatic rings. The van der Waals surface area contributed by atoms with Gasteiger partial charge >= 0.3 is 0 Å². The highest BCUT2D eigenvalue weighted by molar-refractivity contribution is 5.55. The molecule has 1 saturated heterocycles.